The van der Waals surface area contributed by atoms with Gasteiger partial charge in [-0.3, -0.25) is 9.69 Å². The molecule has 3 aromatic carbocycles. The van der Waals surface area contributed by atoms with E-state index in [0.29, 0.717) is 32.6 Å². The van der Waals surface area contributed by atoms with Crippen LogP contribution in [0.1, 0.15) is 11.1 Å². The van der Waals surface area contributed by atoms with E-state index in [4.69, 9.17) is 23.2 Å². The highest BCUT2D eigenvalue weighted by Crippen LogP contribution is 2.36. The molecule has 0 aliphatic carbocycles. The second kappa shape index (κ2) is 7.63. The zero-order valence-electron chi connectivity index (χ0n) is 14.6. The molecule has 4 rings (SSSR count). The van der Waals surface area contributed by atoms with Crippen molar-refractivity contribution in [2.24, 2.45) is 0 Å². The third kappa shape index (κ3) is 3.59. The number of nitrogens with zero attached hydrogens (tertiary/aromatic N) is 1. The van der Waals surface area contributed by atoms with Gasteiger partial charge < -0.3 is 0 Å². The van der Waals surface area contributed by atoms with E-state index in [-0.39, 0.29) is 5.91 Å². The van der Waals surface area contributed by atoms with E-state index in [1.807, 2.05) is 30.3 Å². The van der Waals surface area contributed by atoms with E-state index < -0.39 is 5.82 Å². The van der Waals surface area contributed by atoms with E-state index in [1.54, 1.807) is 42.5 Å². The van der Waals surface area contributed by atoms with Crippen LogP contribution in [0, 0.1) is 5.82 Å². The Hall–Kier alpha value is -2.88. The fraction of sp³-hybridized carbons (Fsp3) is 0. The van der Waals surface area contributed by atoms with Gasteiger partial charge in [0, 0.05) is 15.6 Å². The molecule has 0 atom stereocenters. The fourth-order valence-electron chi connectivity index (χ4n) is 3.09. The molecule has 0 radical (unpaired) electrons. The minimum atomic E-state index is -0.407. The first-order valence-electron chi connectivity index (χ1n) is 8.57. The Morgan fingerprint density at radius 1 is 0.893 bits per heavy atom. The number of amides is 1. The number of hydrogen-bond donors (Lipinski definition) is 0. The van der Waals surface area contributed by atoms with E-state index in [1.165, 1.54) is 17.0 Å². The highest BCUT2D eigenvalue weighted by molar-refractivity contribution is 6.35. The van der Waals surface area contributed by atoms with Crippen molar-refractivity contribution in [2.45, 2.75) is 0 Å². The van der Waals surface area contributed by atoms with Crippen molar-refractivity contribution in [3.8, 4) is 0 Å². The summed E-state index contributed by atoms with van der Waals surface area (Å²) in [5.41, 5.74) is 3.12. The number of benzene rings is 3. The summed E-state index contributed by atoms with van der Waals surface area (Å²) in [7, 11) is 0. The van der Waals surface area contributed by atoms with Gasteiger partial charge in [-0.15, -0.1) is 0 Å². The Labute approximate surface area is 172 Å². The fourth-order valence-corrected chi connectivity index (χ4v) is 3.56. The summed E-state index contributed by atoms with van der Waals surface area (Å²) < 4.78 is 13.8. The van der Waals surface area contributed by atoms with Gasteiger partial charge in [0.15, 0.2) is 0 Å². The minimum Gasteiger partial charge on any atom is -0.276 e. The lowest BCUT2D eigenvalue weighted by Crippen LogP contribution is -2.25. The van der Waals surface area contributed by atoms with Crippen molar-refractivity contribution in [1.82, 2.24) is 0 Å². The molecule has 1 aliphatic heterocycles. The highest BCUT2D eigenvalue weighted by atomic mass is 35.5. The maximum absolute atomic E-state index is 13.8. The third-order valence-electron chi connectivity index (χ3n) is 4.39. The van der Waals surface area contributed by atoms with Gasteiger partial charge >= 0.3 is 0 Å². The Balaban J connectivity index is 1.84. The van der Waals surface area contributed by atoms with Crippen LogP contribution in [0.25, 0.3) is 11.8 Å². The lowest BCUT2D eigenvalue weighted by atomic mass is 10.1. The molecule has 2 nitrogen and oxygen atoms in total. The van der Waals surface area contributed by atoms with Gasteiger partial charge in [-0.05, 0) is 53.6 Å². The standard InChI is InChI=1S/C23H14Cl2FNO/c24-18-10-9-16(21(25)13-18)11-17-12-22(15-5-2-1-3-6-15)27(23(17)28)20-8-4-7-19(26)14-20/h1-14H/b17-11+. The van der Waals surface area contributed by atoms with Crippen molar-refractivity contribution < 1.29 is 9.18 Å². The monoisotopic (exact) mass is 409 g/mol. The number of rotatable bonds is 3. The van der Waals surface area contributed by atoms with Crippen molar-refractivity contribution in [2.75, 3.05) is 4.90 Å². The van der Waals surface area contributed by atoms with Crippen molar-refractivity contribution >= 4 is 46.6 Å². The lowest BCUT2D eigenvalue weighted by Gasteiger charge is -2.20. The molecule has 3 aromatic rings. The molecule has 0 unspecified atom stereocenters. The summed E-state index contributed by atoms with van der Waals surface area (Å²) >= 11 is 12.2. The maximum atomic E-state index is 13.8. The minimum absolute atomic E-state index is 0.254. The van der Waals surface area contributed by atoms with Gasteiger partial charge in [-0.2, -0.15) is 0 Å². The molecule has 1 heterocycles. The van der Waals surface area contributed by atoms with Crippen LogP contribution in [0.4, 0.5) is 10.1 Å². The molecule has 0 N–H and O–H groups in total. The van der Waals surface area contributed by atoms with Crippen LogP contribution in [0.2, 0.25) is 10.0 Å². The number of hydrogen-bond acceptors (Lipinski definition) is 1. The summed E-state index contributed by atoms with van der Waals surface area (Å²) in [5, 5.41) is 0.971. The predicted molar refractivity (Wildman–Crippen MR) is 113 cm³/mol. The van der Waals surface area contributed by atoms with Gasteiger partial charge in [0.2, 0.25) is 0 Å². The molecule has 138 valence electrons. The van der Waals surface area contributed by atoms with Crippen LogP contribution < -0.4 is 4.90 Å². The van der Waals surface area contributed by atoms with Crippen LogP contribution >= 0.6 is 23.2 Å². The van der Waals surface area contributed by atoms with Crippen molar-refractivity contribution in [3.63, 3.8) is 0 Å². The van der Waals surface area contributed by atoms with E-state index in [2.05, 4.69) is 0 Å². The number of carbonyl (C=O) groups excluding carboxylic acids is 1. The Morgan fingerprint density at radius 2 is 1.68 bits per heavy atom. The van der Waals surface area contributed by atoms with Gasteiger partial charge in [-0.25, -0.2) is 4.39 Å². The topological polar surface area (TPSA) is 20.3 Å². The summed E-state index contributed by atoms with van der Waals surface area (Å²) in [6.07, 6.45) is 3.50. The SMILES string of the molecule is O=C1/C(=C/c2ccc(Cl)cc2Cl)C=C(c2ccccc2)N1c1cccc(F)c1. The van der Waals surface area contributed by atoms with Crippen LogP contribution in [-0.4, -0.2) is 5.91 Å². The Kier molecular flexibility index (Phi) is 5.03. The number of carbonyl (C=O) groups is 1. The molecule has 0 saturated carbocycles. The lowest BCUT2D eigenvalue weighted by molar-refractivity contribution is -0.113. The summed E-state index contributed by atoms with van der Waals surface area (Å²) in [5.74, 6) is -0.661. The molecule has 0 spiro atoms. The average molecular weight is 410 g/mol. The quantitative estimate of drug-likeness (QED) is 0.446. The van der Waals surface area contributed by atoms with Crippen LogP contribution in [0.3, 0.4) is 0 Å². The average Bonchev–Trinajstić information content (AvgIpc) is 3.01. The first-order chi connectivity index (χ1) is 13.5. The van der Waals surface area contributed by atoms with Gasteiger partial charge in [-0.1, -0.05) is 65.7 Å². The Morgan fingerprint density at radius 3 is 2.39 bits per heavy atom. The first-order valence-corrected chi connectivity index (χ1v) is 9.32. The van der Waals surface area contributed by atoms with Gasteiger partial charge in [0.25, 0.3) is 5.91 Å². The maximum Gasteiger partial charge on any atom is 0.262 e. The summed E-state index contributed by atoms with van der Waals surface area (Å²) in [4.78, 5) is 14.7. The molecule has 5 heteroatoms. The van der Waals surface area contributed by atoms with Crippen LogP contribution in [0.15, 0.2) is 84.4 Å². The second-order valence-corrected chi connectivity index (χ2v) is 7.13. The molecular weight excluding hydrogens is 396 g/mol. The first kappa shape index (κ1) is 18.5. The molecule has 0 bridgehead atoms. The van der Waals surface area contributed by atoms with Crippen LogP contribution in [0.5, 0.6) is 0 Å². The summed E-state index contributed by atoms with van der Waals surface area (Å²) in [6, 6.07) is 20.6. The number of halogens is 3. The third-order valence-corrected chi connectivity index (χ3v) is 4.96. The predicted octanol–water partition coefficient (Wildman–Crippen LogP) is 6.60. The molecular formula is C23H14Cl2FNO. The molecule has 28 heavy (non-hydrogen) atoms. The van der Waals surface area contributed by atoms with E-state index in [0.717, 1.165) is 5.56 Å². The zero-order chi connectivity index (χ0) is 19.7. The summed E-state index contributed by atoms with van der Waals surface area (Å²) in [6.45, 7) is 0. The van der Waals surface area contributed by atoms with E-state index in [9.17, 15) is 9.18 Å². The van der Waals surface area contributed by atoms with Gasteiger partial charge in [0.1, 0.15) is 5.82 Å². The molecule has 0 aromatic heterocycles. The second-order valence-electron chi connectivity index (χ2n) is 6.28. The molecule has 1 aliphatic rings. The van der Waals surface area contributed by atoms with E-state index >= 15 is 0 Å². The normalized spacial score (nSPS) is 15.2. The highest BCUT2D eigenvalue weighted by Gasteiger charge is 2.30. The van der Waals surface area contributed by atoms with Crippen molar-refractivity contribution in [1.29, 1.82) is 0 Å². The van der Waals surface area contributed by atoms with Crippen molar-refractivity contribution in [3.05, 3.63) is 111 Å². The number of anilines is 1. The van der Waals surface area contributed by atoms with Crippen LogP contribution in [-0.2, 0) is 4.79 Å². The Bertz CT molecular complexity index is 1120. The molecule has 0 fully saturated rings. The van der Waals surface area contributed by atoms with Gasteiger partial charge in [0.05, 0.1) is 11.4 Å². The smallest absolute Gasteiger partial charge is 0.262 e. The largest absolute Gasteiger partial charge is 0.276 e. The zero-order valence-corrected chi connectivity index (χ0v) is 16.1. The molecule has 1 amide bonds. The molecule has 0 saturated heterocycles.